The summed E-state index contributed by atoms with van der Waals surface area (Å²) in [6.45, 7) is 0.409. The number of ether oxygens (including phenoxy) is 1. The van der Waals surface area contributed by atoms with Crippen LogP contribution < -0.4 is 5.73 Å². The van der Waals surface area contributed by atoms with Gasteiger partial charge in [0.25, 0.3) is 0 Å². The molecule has 0 radical (unpaired) electrons. The fourth-order valence-electron chi connectivity index (χ4n) is 2.18. The molecular formula is C11H19N3O2. The Morgan fingerprint density at radius 2 is 2.19 bits per heavy atom. The summed E-state index contributed by atoms with van der Waals surface area (Å²) in [5.74, 6) is 1.77. The smallest absolute Gasteiger partial charge is 0.245 e. The molecule has 2 N–H and O–H groups in total. The van der Waals surface area contributed by atoms with Crippen molar-refractivity contribution in [2.45, 2.75) is 44.1 Å². The number of hydrogen-bond donors (Lipinski definition) is 1. The van der Waals surface area contributed by atoms with E-state index >= 15 is 0 Å². The van der Waals surface area contributed by atoms with Crippen LogP contribution in [0.15, 0.2) is 4.52 Å². The van der Waals surface area contributed by atoms with Crippen molar-refractivity contribution in [1.29, 1.82) is 0 Å². The second-order valence-corrected chi connectivity index (χ2v) is 4.39. The lowest BCUT2D eigenvalue weighted by atomic mass is 9.89. The Kier molecular flexibility index (Phi) is 3.90. The van der Waals surface area contributed by atoms with Gasteiger partial charge in [-0.05, 0) is 12.8 Å². The van der Waals surface area contributed by atoms with E-state index < -0.39 is 0 Å². The summed E-state index contributed by atoms with van der Waals surface area (Å²) in [4.78, 5) is 4.37. The highest BCUT2D eigenvalue weighted by atomic mass is 16.5. The number of nitrogens with zero attached hydrogens (tertiary/aromatic N) is 2. The predicted molar refractivity (Wildman–Crippen MR) is 58.9 cm³/mol. The van der Waals surface area contributed by atoms with E-state index in [-0.39, 0.29) is 6.04 Å². The van der Waals surface area contributed by atoms with Crippen molar-refractivity contribution in [3.8, 4) is 0 Å². The molecule has 1 saturated carbocycles. The molecule has 0 amide bonds. The van der Waals surface area contributed by atoms with Crippen LogP contribution in [0, 0.1) is 0 Å². The van der Waals surface area contributed by atoms with Gasteiger partial charge in [0.1, 0.15) is 6.04 Å². The van der Waals surface area contributed by atoms with Crippen molar-refractivity contribution >= 4 is 0 Å². The van der Waals surface area contributed by atoms with Gasteiger partial charge in [-0.25, -0.2) is 0 Å². The minimum absolute atomic E-state index is 0.310. The molecule has 5 heteroatoms. The average molecular weight is 225 g/mol. The number of methoxy groups -OCH3 is 1. The molecule has 1 fully saturated rings. The standard InChI is InChI=1S/C11H19N3O2/c1-15-7-9(12)11-13-10(14-16-11)8-5-3-2-4-6-8/h8-9H,2-7,12H2,1H3. The average Bonchev–Trinajstić information content (AvgIpc) is 2.80. The highest BCUT2D eigenvalue weighted by Gasteiger charge is 2.22. The lowest BCUT2D eigenvalue weighted by Gasteiger charge is -2.17. The van der Waals surface area contributed by atoms with E-state index in [4.69, 9.17) is 15.0 Å². The Morgan fingerprint density at radius 3 is 2.88 bits per heavy atom. The molecule has 1 aliphatic rings. The van der Waals surface area contributed by atoms with Crippen molar-refractivity contribution in [2.75, 3.05) is 13.7 Å². The summed E-state index contributed by atoms with van der Waals surface area (Å²) in [6, 6.07) is -0.310. The second-order valence-electron chi connectivity index (χ2n) is 4.39. The van der Waals surface area contributed by atoms with Crippen LogP contribution in [0.3, 0.4) is 0 Å². The quantitative estimate of drug-likeness (QED) is 0.845. The summed E-state index contributed by atoms with van der Waals surface area (Å²) >= 11 is 0. The maximum absolute atomic E-state index is 5.83. The number of rotatable bonds is 4. The van der Waals surface area contributed by atoms with E-state index in [1.165, 1.54) is 32.1 Å². The molecule has 1 aromatic rings. The van der Waals surface area contributed by atoms with Crippen LogP contribution in [0.5, 0.6) is 0 Å². The molecule has 5 nitrogen and oxygen atoms in total. The van der Waals surface area contributed by atoms with Crippen molar-refractivity contribution in [1.82, 2.24) is 10.1 Å². The van der Waals surface area contributed by atoms with E-state index in [0.717, 1.165) is 5.82 Å². The zero-order chi connectivity index (χ0) is 11.4. The summed E-state index contributed by atoms with van der Waals surface area (Å²) in [5, 5.41) is 4.02. The normalized spacial score (nSPS) is 19.9. The summed E-state index contributed by atoms with van der Waals surface area (Å²) < 4.78 is 10.1. The first-order valence-corrected chi connectivity index (χ1v) is 5.89. The zero-order valence-electron chi connectivity index (χ0n) is 9.69. The molecule has 0 aromatic carbocycles. The number of aromatic nitrogens is 2. The zero-order valence-corrected chi connectivity index (χ0v) is 9.69. The van der Waals surface area contributed by atoms with Crippen molar-refractivity contribution in [3.05, 3.63) is 11.7 Å². The van der Waals surface area contributed by atoms with Crippen LogP contribution in [-0.2, 0) is 4.74 Å². The summed E-state index contributed by atoms with van der Waals surface area (Å²) in [6.07, 6.45) is 6.18. The lowest BCUT2D eigenvalue weighted by Crippen LogP contribution is -2.16. The predicted octanol–water partition coefficient (Wildman–Crippen LogP) is 1.76. The Morgan fingerprint density at radius 1 is 1.44 bits per heavy atom. The third-order valence-corrected chi connectivity index (χ3v) is 3.09. The molecule has 0 spiro atoms. The van der Waals surface area contributed by atoms with E-state index in [1.54, 1.807) is 7.11 Å². The molecule has 90 valence electrons. The van der Waals surface area contributed by atoms with E-state index in [9.17, 15) is 0 Å². The Bertz CT molecular complexity index is 321. The molecule has 1 unspecified atom stereocenters. The van der Waals surface area contributed by atoms with E-state index in [1.807, 2.05) is 0 Å². The number of hydrogen-bond acceptors (Lipinski definition) is 5. The van der Waals surface area contributed by atoms with Crippen molar-refractivity contribution in [2.24, 2.45) is 5.73 Å². The molecular weight excluding hydrogens is 206 g/mol. The van der Waals surface area contributed by atoms with Crippen molar-refractivity contribution in [3.63, 3.8) is 0 Å². The molecule has 2 rings (SSSR count). The summed E-state index contributed by atoms with van der Waals surface area (Å²) in [5.41, 5.74) is 5.83. The van der Waals surface area contributed by atoms with Crippen LogP contribution in [0.2, 0.25) is 0 Å². The SMILES string of the molecule is COCC(N)c1nc(C2CCCCC2)no1. The fraction of sp³-hybridized carbons (Fsp3) is 0.818. The van der Waals surface area contributed by atoms with Crippen LogP contribution in [0.1, 0.15) is 55.8 Å². The molecule has 1 atom stereocenters. The van der Waals surface area contributed by atoms with E-state index in [0.29, 0.717) is 18.4 Å². The minimum atomic E-state index is -0.310. The van der Waals surface area contributed by atoms with Gasteiger partial charge in [-0.15, -0.1) is 0 Å². The minimum Gasteiger partial charge on any atom is -0.383 e. The van der Waals surface area contributed by atoms with Gasteiger partial charge >= 0.3 is 0 Å². The Hall–Kier alpha value is -0.940. The molecule has 1 heterocycles. The van der Waals surface area contributed by atoms with Gasteiger partial charge in [0.05, 0.1) is 6.61 Å². The molecule has 0 aliphatic heterocycles. The van der Waals surface area contributed by atoms with Gasteiger partial charge in [-0.3, -0.25) is 0 Å². The molecule has 1 aliphatic carbocycles. The molecule has 0 bridgehead atoms. The van der Waals surface area contributed by atoms with Gasteiger partial charge in [0, 0.05) is 13.0 Å². The highest BCUT2D eigenvalue weighted by Crippen LogP contribution is 2.31. The summed E-state index contributed by atoms with van der Waals surface area (Å²) in [7, 11) is 1.61. The first-order chi connectivity index (χ1) is 7.81. The van der Waals surface area contributed by atoms with Crippen LogP contribution in [0.25, 0.3) is 0 Å². The van der Waals surface area contributed by atoms with Gasteiger partial charge in [0.15, 0.2) is 5.82 Å². The largest absolute Gasteiger partial charge is 0.383 e. The lowest BCUT2D eigenvalue weighted by molar-refractivity contribution is 0.166. The maximum Gasteiger partial charge on any atom is 0.245 e. The van der Waals surface area contributed by atoms with E-state index in [2.05, 4.69) is 10.1 Å². The second kappa shape index (κ2) is 5.41. The van der Waals surface area contributed by atoms with Gasteiger partial charge in [0.2, 0.25) is 5.89 Å². The van der Waals surface area contributed by atoms with Gasteiger partial charge in [-0.2, -0.15) is 4.98 Å². The number of nitrogens with two attached hydrogens (primary N) is 1. The van der Waals surface area contributed by atoms with Crippen LogP contribution in [-0.4, -0.2) is 23.9 Å². The maximum atomic E-state index is 5.83. The Labute approximate surface area is 95.3 Å². The molecule has 16 heavy (non-hydrogen) atoms. The highest BCUT2D eigenvalue weighted by molar-refractivity contribution is 4.99. The van der Waals surface area contributed by atoms with Gasteiger partial charge < -0.3 is 15.0 Å². The molecule has 0 saturated heterocycles. The first-order valence-electron chi connectivity index (χ1n) is 5.89. The third kappa shape index (κ3) is 2.59. The van der Waals surface area contributed by atoms with Crippen LogP contribution in [0.4, 0.5) is 0 Å². The van der Waals surface area contributed by atoms with Crippen LogP contribution >= 0.6 is 0 Å². The molecule has 1 aromatic heterocycles. The van der Waals surface area contributed by atoms with Gasteiger partial charge in [-0.1, -0.05) is 24.4 Å². The topological polar surface area (TPSA) is 74.2 Å². The first kappa shape index (κ1) is 11.5. The third-order valence-electron chi connectivity index (χ3n) is 3.09. The van der Waals surface area contributed by atoms with Crippen molar-refractivity contribution < 1.29 is 9.26 Å². The fourth-order valence-corrected chi connectivity index (χ4v) is 2.18. The monoisotopic (exact) mass is 225 g/mol. The Balaban J connectivity index is 2.00.